The van der Waals surface area contributed by atoms with Crippen LogP contribution in [0, 0.1) is 0 Å². The van der Waals surface area contributed by atoms with Crippen LogP contribution in [0.4, 0.5) is 0 Å². The number of aliphatic hydroxyl groups excluding tert-OH is 1. The second-order valence-corrected chi connectivity index (χ2v) is 3.70. The number of amides is 1. The summed E-state index contributed by atoms with van der Waals surface area (Å²) in [5.74, 6) is 0.284. The van der Waals surface area contributed by atoms with Gasteiger partial charge in [0.25, 0.3) is 5.91 Å². The van der Waals surface area contributed by atoms with Gasteiger partial charge in [0, 0.05) is 12.6 Å². The van der Waals surface area contributed by atoms with Gasteiger partial charge in [0.05, 0.1) is 12.4 Å². The molecule has 1 unspecified atom stereocenters. The highest BCUT2D eigenvalue weighted by atomic mass is 16.3. The fourth-order valence-corrected chi connectivity index (χ4v) is 1.33. The minimum atomic E-state index is -0.581. The highest BCUT2D eigenvalue weighted by Crippen LogP contribution is 2.17. The Morgan fingerprint density at radius 2 is 2.53 bits per heavy atom. The van der Waals surface area contributed by atoms with E-state index in [0.717, 1.165) is 0 Å². The first-order chi connectivity index (χ1) is 8.16. The predicted molar refractivity (Wildman–Crippen MR) is 60.3 cm³/mol. The van der Waals surface area contributed by atoms with E-state index in [-0.39, 0.29) is 18.1 Å². The molecule has 2 heterocycles. The van der Waals surface area contributed by atoms with E-state index < -0.39 is 6.10 Å². The number of carbonyl (C=O) groups is 1. The molecular formula is C11H13N3O3. The van der Waals surface area contributed by atoms with E-state index >= 15 is 0 Å². The summed E-state index contributed by atoms with van der Waals surface area (Å²) in [6.45, 7) is 1.79. The number of hydrogen-bond donors (Lipinski definition) is 3. The van der Waals surface area contributed by atoms with Crippen LogP contribution in [-0.4, -0.2) is 33.9 Å². The minimum Gasteiger partial charge on any atom is -0.463 e. The van der Waals surface area contributed by atoms with Gasteiger partial charge in [-0.1, -0.05) is 0 Å². The zero-order valence-corrected chi connectivity index (χ0v) is 9.30. The first kappa shape index (κ1) is 11.4. The Hall–Kier alpha value is -2.08. The number of furan rings is 1. The van der Waals surface area contributed by atoms with E-state index in [1.165, 1.54) is 0 Å². The summed E-state index contributed by atoms with van der Waals surface area (Å²) in [4.78, 5) is 11.6. The van der Waals surface area contributed by atoms with Gasteiger partial charge in [0.2, 0.25) is 0 Å². The Morgan fingerprint density at radius 3 is 3.18 bits per heavy atom. The number of carbonyl (C=O) groups excluding carboxylic acids is 1. The molecule has 0 aliphatic carbocycles. The first-order valence-electron chi connectivity index (χ1n) is 5.22. The van der Waals surface area contributed by atoms with Crippen molar-refractivity contribution < 1.29 is 14.3 Å². The second kappa shape index (κ2) is 4.84. The number of hydrogen-bond acceptors (Lipinski definition) is 4. The van der Waals surface area contributed by atoms with E-state index in [2.05, 4.69) is 15.5 Å². The molecule has 1 amide bonds. The topological polar surface area (TPSA) is 91.1 Å². The molecule has 1 atom stereocenters. The SMILES string of the molecule is CC(O)CNC(=O)c1cc(-c2ccco2)[nH]n1. The van der Waals surface area contributed by atoms with Crippen molar-refractivity contribution in [3.63, 3.8) is 0 Å². The normalized spacial score (nSPS) is 12.4. The number of aromatic amines is 1. The van der Waals surface area contributed by atoms with Crippen molar-refractivity contribution >= 4 is 5.91 Å². The van der Waals surface area contributed by atoms with E-state index in [1.807, 2.05) is 0 Å². The largest absolute Gasteiger partial charge is 0.463 e. The average molecular weight is 235 g/mol. The van der Waals surface area contributed by atoms with Crippen LogP contribution in [0.1, 0.15) is 17.4 Å². The molecule has 2 aromatic rings. The summed E-state index contributed by atoms with van der Waals surface area (Å²) >= 11 is 0. The Labute approximate surface area is 97.6 Å². The van der Waals surface area contributed by atoms with Crippen LogP contribution >= 0.6 is 0 Å². The minimum absolute atomic E-state index is 0.196. The van der Waals surface area contributed by atoms with Gasteiger partial charge in [0.1, 0.15) is 5.69 Å². The number of H-pyrrole nitrogens is 1. The lowest BCUT2D eigenvalue weighted by Gasteiger charge is -2.04. The average Bonchev–Trinajstić information content (AvgIpc) is 2.94. The summed E-state index contributed by atoms with van der Waals surface area (Å²) in [5.41, 5.74) is 0.897. The molecule has 6 nitrogen and oxygen atoms in total. The number of rotatable bonds is 4. The Morgan fingerprint density at radius 1 is 1.71 bits per heavy atom. The molecular weight excluding hydrogens is 222 g/mol. The molecule has 0 saturated carbocycles. The lowest BCUT2D eigenvalue weighted by molar-refractivity contribution is 0.0919. The van der Waals surface area contributed by atoms with Crippen molar-refractivity contribution in [1.82, 2.24) is 15.5 Å². The zero-order valence-electron chi connectivity index (χ0n) is 9.30. The van der Waals surface area contributed by atoms with Crippen molar-refractivity contribution in [2.24, 2.45) is 0 Å². The molecule has 0 aliphatic heterocycles. The number of nitrogens with zero attached hydrogens (tertiary/aromatic N) is 1. The van der Waals surface area contributed by atoms with Crippen LogP contribution in [-0.2, 0) is 0 Å². The second-order valence-electron chi connectivity index (χ2n) is 3.70. The molecule has 0 aliphatic rings. The molecule has 0 saturated heterocycles. The smallest absolute Gasteiger partial charge is 0.271 e. The zero-order chi connectivity index (χ0) is 12.3. The molecule has 0 bridgehead atoms. The number of aliphatic hydroxyl groups is 1. The molecule has 3 N–H and O–H groups in total. The lowest BCUT2D eigenvalue weighted by Crippen LogP contribution is -2.30. The van der Waals surface area contributed by atoms with Crippen LogP contribution in [0.3, 0.4) is 0 Å². The van der Waals surface area contributed by atoms with E-state index in [0.29, 0.717) is 11.5 Å². The summed E-state index contributed by atoms with van der Waals surface area (Å²) < 4.78 is 5.17. The molecule has 90 valence electrons. The van der Waals surface area contributed by atoms with Crippen molar-refractivity contribution in [2.75, 3.05) is 6.54 Å². The summed E-state index contributed by atoms with van der Waals surface area (Å²) in [6, 6.07) is 5.12. The standard InChI is InChI=1S/C11H13N3O3/c1-7(15)6-12-11(16)9-5-8(13-14-9)10-3-2-4-17-10/h2-5,7,15H,6H2,1H3,(H,12,16)(H,13,14). The van der Waals surface area contributed by atoms with Crippen molar-refractivity contribution in [3.05, 3.63) is 30.2 Å². The van der Waals surface area contributed by atoms with Crippen molar-refractivity contribution in [2.45, 2.75) is 13.0 Å². The van der Waals surface area contributed by atoms with E-state index in [4.69, 9.17) is 9.52 Å². The molecule has 0 aromatic carbocycles. The fraction of sp³-hybridized carbons (Fsp3) is 0.273. The van der Waals surface area contributed by atoms with Gasteiger partial charge in [-0.25, -0.2) is 0 Å². The van der Waals surface area contributed by atoms with Crippen LogP contribution in [0.25, 0.3) is 11.5 Å². The Bertz CT molecular complexity index is 488. The summed E-state index contributed by atoms with van der Waals surface area (Å²) in [7, 11) is 0. The van der Waals surface area contributed by atoms with Crippen molar-refractivity contribution in [3.8, 4) is 11.5 Å². The van der Waals surface area contributed by atoms with E-state index in [1.54, 1.807) is 31.4 Å². The third kappa shape index (κ3) is 2.73. The Balaban J connectivity index is 2.05. The predicted octanol–water partition coefficient (Wildman–Crippen LogP) is 0.780. The molecule has 2 rings (SSSR count). The Kier molecular flexibility index (Phi) is 3.24. The third-order valence-corrected chi connectivity index (χ3v) is 2.16. The van der Waals surface area contributed by atoms with Crippen LogP contribution in [0.5, 0.6) is 0 Å². The van der Waals surface area contributed by atoms with Gasteiger partial charge in [-0.2, -0.15) is 5.10 Å². The molecule has 2 aromatic heterocycles. The maximum absolute atomic E-state index is 11.6. The van der Waals surface area contributed by atoms with Crippen LogP contribution in [0.15, 0.2) is 28.9 Å². The van der Waals surface area contributed by atoms with Gasteiger partial charge >= 0.3 is 0 Å². The fourth-order valence-electron chi connectivity index (χ4n) is 1.33. The van der Waals surface area contributed by atoms with Gasteiger partial charge in [-0.15, -0.1) is 0 Å². The highest BCUT2D eigenvalue weighted by molar-refractivity contribution is 5.93. The van der Waals surface area contributed by atoms with Crippen molar-refractivity contribution in [1.29, 1.82) is 0 Å². The van der Waals surface area contributed by atoms with E-state index in [9.17, 15) is 4.79 Å². The molecule has 6 heteroatoms. The van der Waals surface area contributed by atoms with Crippen LogP contribution < -0.4 is 5.32 Å². The first-order valence-corrected chi connectivity index (χ1v) is 5.22. The quantitative estimate of drug-likeness (QED) is 0.730. The molecule has 0 spiro atoms. The lowest BCUT2D eigenvalue weighted by atomic mass is 10.3. The maximum Gasteiger partial charge on any atom is 0.271 e. The number of aromatic nitrogens is 2. The maximum atomic E-state index is 11.6. The van der Waals surface area contributed by atoms with Gasteiger partial charge in [-0.05, 0) is 19.1 Å². The third-order valence-electron chi connectivity index (χ3n) is 2.16. The van der Waals surface area contributed by atoms with Gasteiger partial charge in [-0.3, -0.25) is 9.89 Å². The number of nitrogens with one attached hydrogen (secondary N) is 2. The highest BCUT2D eigenvalue weighted by Gasteiger charge is 2.12. The monoisotopic (exact) mass is 235 g/mol. The van der Waals surface area contributed by atoms with Gasteiger partial charge in [0.15, 0.2) is 11.5 Å². The molecule has 0 radical (unpaired) electrons. The molecule has 17 heavy (non-hydrogen) atoms. The van der Waals surface area contributed by atoms with Gasteiger partial charge < -0.3 is 14.8 Å². The summed E-state index contributed by atoms with van der Waals surface area (Å²) in [5, 5.41) is 18.2. The van der Waals surface area contributed by atoms with Crippen LogP contribution in [0.2, 0.25) is 0 Å². The molecule has 0 fully saturated rings. The summed E-state index contributed by atoms with van der Waals surface area (Å²) in [6.07, 6.45) is 0.964.